The van der Waals surface area contributed by atoms with Gasteiger partial charge in [0.05, 0.1) is 17.5 Å². The quantitative estimate of drug-likeness (QED) is 0.755. The predicted molar refractivity (Wildman–Crippen MR) is 61.0 cm³/mol. The highest BCUT2D eigenvalue weighted by atomic mass is 32.2. The number of benzene rings is 1. The number of rotatable bonds is 5. The lowest BCUT2D eigenvalue weighted by atomic mass is 10.1. The van der Waals surface area contributed by atoms with E-state index in [-0.39, 0.29) is 10.9 Å². The van der Waals surface area contributed by atoms with Crippen LogP contribution in [0.2, 0.25) is 0 Å². The van der Waals surface area contributed by atoms with Crippen molar-refractivity contribution < 1.29 is 13.3 Å². The molecule has 0 fully saturated rings. The van der Waals surface area contributed by atoms with Gasteiger partial charge in [0.1, 0.15) is 0 Å². The largest absolute Gasteiger partial charge is 0.302 e. The van der Waals surface area contributed by atoms with Crippen molar-refractivity contribution in [3.05, 3.63) is 29.8 Å². The summed E-state index contributed by atoms with van der Waals surface area (Å²) in [5, 5.41) is 5.00. The number of nitrogens with one attached hydrogen (secondary N) is 1. The Kier molecular flexibility index (Phi) is 4.43. The fraction of sp³-hybridized carbons (Fsp3) is 0.400. The number of hydroxylamine groups is 1. The Morgan fingerprint density at radius 2 is 1.94 bits per heavy atom. The maximum absolute atomic E-state index is 11.0. The second kappa shape index (κ2) is 5.40. The Hall–Kier alpha value is -0.950. The molecule has 0 aliphatic carbocycles. The van der Waals surface area contributed by atoms with Gasteiger partial charge in [-0.15, -0.1) is 0 Å². The molecule has 1 aromatic rings. The van der Waals surface area contributed by atoms with Crippen molar-refractivity contribution in [3.63, 3.8) is 0 Å². The molecule has 0 aromatic heterocycles. The van der Waals surface area contributed by atoms with Crippen LogP contribution in [0.25, 0.3) is 0 Å². The third kappa shape index (κ3) is 3.57. The van der Waals surface area contributed by atoms with Crippen LogP contribution in [-0.4, -0.2) is 15.0 Å². The topological polar surface area (TPSA) is 81.4 Å². The molecule has 6 heteroatoms. The maximum atomic E-state index is 11.0. The van der Waals surface area contributed by atoms with Crippen molar-refractivity contribution in [1.29, 1.82) is 0 Å². The van der Waals surface area contributed by atoms with Crippen molar-refractivity contribution in [2.24, 2.45) is 5.14 Å². The summed E-state index contributed by atoms with van der Waals surface area (Å²) < 4.78 is 22.0. The molecule has 1 atom stereocenters. The van der Waals surface area contributed by atoms with Gasteiger partial charge in [0.2, 0.25) is 10.0 Å². The van der Waals surface area contributed by atoms with E-state index in [2.05, 4.69) is 5.48 Å². The minimum absolute atomic E-state index is 0.00511. The Morgan fingerprint density at radius 3 is 2.38 bits per heavy atom. The summed E-state index contributed by atoms with van der Waals surface area (Å²) in [6.45, 7) is 4.37. The van der Waals surface area contributed by atoms with E-state index in [0.717, 1.165) is 5.56 Å². The van der Waals surface area contributed by atoms with Gasteiger partial charge in [0.25, 0.3) is 0 Å². The molecule has 0 saturated carbocycles. The summed E-state index contributed by atoms with van der Waals surface area (Å²) in [5.74, 6) is 0. The highest BCUT2D eigenvalue weighted by molar-refractivity contribution is 7.89. The number of primary sulfonamides is 1. The Balaban J connectivity index is 2.79. The fourth-order valence-corrected chi connectivity index (χ4v) is 1.74. The second-order valence-electron chi connectivity index (χ2n) is 3.39. The summed E-state index contributed by atoms with van der Waals surface area (Å²) in [6.07, 6.45) is 0. The summed E-state index contributed by atoms with van der Waals surface area (Å²) in [5.41, 5.74) is 3.76. The standard InChI is InChI=1S/C10H16N2O3S/c1-3-15-12-8(2)9-4-6-10(7-5-9)16(11,13)14/h4-8,12H,3H2,1-2H3,(H2,11,13,14). The molecule has 3 N–H and O–H groups in total. The van der Waals surface area contributed by atoms with Gasteiger partial charge in [0, 0.05) is 0 Å². The summed E-state index contributed by atoms with van der Waals surface area (Å²) in [7, 11) is -3.61. The highest BCUT2D eigenvalue weighted by Gasteiger charge is 2.09. The molecule has 16 heavy (non-hydrogen) atoms. The minimum Gasteiger partial charge on any atom is -0.302 e. The van der Waals surface area contributed by atoms with Crippen LogP contribution in [0, 0.1) is 0 Å². The second-order valence-corrected chi connectivity index (χ2v) is 4.95. The molecule has 0 amide bonds. The van der Waals surface area contributed by atoms with Crippen molar-refractivity contribution in [2.75, 3.05) is 6.61 Å². The molecule has 1 aromatic carbocycles. The molecule has 0 aliphatic heterocycles. The molecule has 0 saturated heterocycles. The van der Waals surface area contributed by atoms with Gasteiger partial charge in [-0.05, 0) is 31.5 Å². The zero-order valence-corrected chi connectivity index (χ0v) is 10.1. The maximum Gasteiger partial charge on any atom is 0.238 e. The van der Waals surface area contributed by atoms with Crippen LogP contribution in [0.3, 0.4) is 0 Å². The van der Waals surface area contributed by atoms with Crippen LogP contribution < -0.4 is 10.6 Å². The zero-order chi connectivity index (χ0) is 12.2. The van der Waals surface area contributed by atoms with Gasteiger partial charge in [-0.2, -0.15) is 5.48 Å². The van der Waals surface area contributed by atoms with E-state index < -0.39 is 10.0 Å². The molecule has 90 valence electrons. The van der Waals surface area contributed by atoms with E-state index in [1.165, 1.54) is 12.1 Å². The average molecular weight is 244 g/mol. The van der Waals surface area contributed by atoms with E-state index in [0.29, 0.717) is 6.61 Å². The van der Waals surface area contributed by atoms with E-state index >= 15 is 0 Å². The normalized spacial score (nSPS) is 13.7. The van der Waals surface area contributed by atoms with Crippen LogP contribution in [-0.2, 0) is 14.9 Å². The first kappa shape index (κ1) is 13.1. The van der Waals surface area contributed by atoms with Gasteiger partial charge < -0.3 is 4.84 Å². The van der Waals surface area contributed by atoms with Crippen LogP contribution in [0.15, 0.2) is 29.2 Å². The van der Waals surface area contributed by atoms with E-state index in [1.54, 1.807) is 12.1 Å². The van der Waals surface area contributed by atoms with Crippen LogP contribution in [0.5, 0.6) is 0 Å². The van der Waals surface area contributed by atoms with Gasteiger partial charge in [-0.1, -0.05) is 12.1 Å². The number of hydrogen-bond acceptors (Lipinski definition) is 4. The third-order valence-electron chi connectivity index (χ3n) is 2.11. The van der Waals surface area contributed by atoms with Crippen LogP contribution in [0.1, 0.15) is 25.5 Å². The highest BCUT2D eigenvalue weighted by Crippen LogP contribution is 2.15. The molecule has 1 rings (SSSR count). The Labute approximate surface area is 95.6 Å². The van der Waals surface area contributed by atoms with Crippen molar-refractivity contribution >= 4 is 10.0 Å². The molecule has 0 heterocycles. The smallest absolute Gasteiger partial charge is 0.238 e. The van der Waals surface area contributed by atoms with Crippen LogP contribution >= 0.6 is 0 Å². The Bertz CT molecular complexity index is 428. The van der Waals surface area contributed by atoms with E-state index in [4.69, 9.17) is 9.98 Å². The van der Waals surface area contributed by atoms with Crippen molar-refractivity contribution in [1.82, 2.24) is 5.48 Å². The Morgan fingerprint density at radius 1 is 1.38 bits per heavy atom. The first-order valence-electron chi connectivity index (χ1n) is 4.95. The molecular formula is C10H16N2O3S. The lowest BCUT2D eigenvalue weighted by Crippen LogP contribution is -2.19. The first-order valence-corrected chi connectivity index (χ1v) is 6.50. The number of nitrogens with two attached hydrogens (primary N) is 1. The van der Waals surface area contributed by atoms with Crippen molar-refractivity contribution in [3.8, 4) is 0 Å². The molecule has 0 radical (unpaired) electrons. The van der Waals surface area contributed by atoms with Crippen LogP contribution in [0.4, 0.5) is 0 Å². The van der Waals surface area contributed by atoms with E-state index in [9.17, 15) is 8.42 Å². The lowest BCUT2D eigenvalue weighted by Gasteiger charge is -2.13. The third-order valence-corrected chi connectivity index (χ3v) is 3.04. The molecule has 0 spiro atoms. The predicted octanol–water partition coefficient (Wildman–Crippen LogP) is 0.936. The minimum atomic E-state index is -3.61. The number of hydrogen-bond donors (Lipinski definition) is 2. The lowest BCUT2D eigenvalue weighted by molar-refractivity contribution is 0.0285. The summed E-state index contributed by atoms with van der Waals surface area (Å²) >= 11 is 0. The van der Waals surface area contributed by atoms with Gasteiger partial charge >= 0.3 is 0 Å². The van der Waals surface area contributed by atoms with E-state index in [1.807, 2.05) is 13.8 Å². The first-order chi connectivity index (χ1) is 7.45. The zero-order valence-electron chi connectivity index (χ0n) is 9.30. The molecule has 0 bridgehead atoms. The summed E-state index contributed by atoms with van der Waals surface area (Å²) in [6, 6.07) is 6.37. The van der Waals surface area contributed by atoms with Crippen molar-refractivity contribution in [2.45, 2.75) is 24.8 Å². The average Bonchev–Trinajstić information content (AvgIpc) is 2.25. The molecular weight excluding hydrogens is 228 g/mol. The molecule has 0 aliphatic rings. The monoisotopic (exact) mass is 244 g/mol. The van der Waals surface area contributed by atoms with Gasteiger partial charge in [-0.3, -0.25) is 0 Å². The number of sulfonamides is 1. The SMILES string of the molecule is CCONC(C)c1ccc(S(N)(=O)=O)cc1. The van der Waals surface area contributed by atoms with Gasteiger partial charge in [-0.25, -0.2) is 13.6 Å². The summed E-state index contributed by atoms with van der Waals surface area (Å²) in [4.78, 5) is 5.17. The molecule has 1 unspecified atom stereocenters. The fourth-order valence-electron chi connectivity index (χ4n) is 1.22. The molecule has 5 nitrogen and oxygen atoms in total. The van der Waals surface area contributed by atoms with Gasteiger partial charge in [0.15, 0.2) is 0 Å².